The van der Waals surface area contributed by atoms with Crippen LogP contribution >= 0.6 is 11.3 Å². The Morgan fingerprint density at radius 2 is 1.97 bits per heavy atom. The maximum Gasteiger partial charge on any atom is 0.185 e. The van der Waals surface area contributed by atoms with Crippen molar-refractivity contribution in [2.75, 3.05) is 37.6 Å². The molecule has 0 radical (unpaired) electrons. The largest absolute Gasteiger partial charge is 0.349 e. The average Bonchev–Trinajstić information content (AvgIpc) is 3.26. The van der Waals surface area contributed by atoms with E-state index in [4.69, 9.17) is 4.98 Å². The van der Waals surface area contributed by atoms with Crippen LogP contribution in [0.1, 0.15) is 32.4 Å². The fraction of sp³-hybridized carbons (Fsp3) is 0.478. The number of likely N-dealkylation sites (tertiary alicyclic amines) is 1. The van der Waals surface area contributed by atoms with Crippen molar-refractivity contribution in [3.05, 3.63) is 36.3 Å². The van der Waals surface area contributed by atoms with E-state index in [0.29, 0.717) is 32.5 Å². The number of anilines is 1. The van der Waals surface area contributed by atoms with Crippen LogP contribution in [0.25, 0.3) is 21.5 Å². The molecule has 3 aromatic heterocycles. The van der Waals surface area contributed by atoms with Gasteiger partial charge in [0, 0.05) is 49.7 Å². The van der Waals surface area contributed by atoms with Crippen LogP contribution in [-0.2, 0) is 11.2 Å². The maximum absolute atomic E-state index is 13.3. The van der Waals surface area contributed by atoms with Gasteiger partial charge in [-0.2, -0.15) is 0 Å². The van der Waals surface area contributed by atoms with Gasteiger partial charge in [0.15, 0.2) is 10.9 Å². The number of carbonyl (C=O) groups is 1. The molecule has 0 amide bonds. The molecule has 1 fully saturated rings. The second-order valence-electron chi connectivity index (χ2n) is 7.91. The average molecular weight is 442 g/mol. The minimum Gasteiger partial charge on any atom is -0.349 e. The number of rotatable bonds is 8. The molecule has 6 nitrogen and oxygen atoms in total. The number of nitrogens with zero attached hydrogens (tertiary/aromatic N) is 5. The van der Waals surface area contributed by atoms with Gasteiger partial charge < -0.3 is 4.90 Å². The van der Waals surface area contributed by atoms with Gasteiger partial charge in [-0.3, -0.25) is 14.7 Å². The summed E-state index contributed by atoms with van der Waals surface area (Å²) in [5.41, 5.74) is 2.42. The molecule has 0 unspecified atom stereocenters. The van der Waals surface area contributed by atoms with Crippen molar-refractivity contribution in [2.45, 2.75) is 39.3 Å². The molecule has 31 heavy (non-hydrogen) atoms. The quantitative estimate of drug-likeness (QED) is 0.523. The Morgan fingerprint density at radius 1 is 1.19 bits per heavy atom. The van der Waals surface area contributed by atoms with Crippen LogP contribution in [0.3, 0.4) is 0 Å². The molecular formula is C23H28FN5OS. The summed E-state index contributed by atoms with van der Waals surface area (Å²) in [6, 6.07) is 5.90. The van der Waals surface area contributed by atoms with Gasteiger partial charge in [0.25, 0.3) is 0 Å². The zero-order chi connectivity index (χ0) is 21.8. The molecule has 0 bridgehead atoms. The molecule has 0 aromatic carbocycles. The molecule has 1 aliphatic heterocycles. The summed E-state index contributed by atoms with van der Waals surface area (Å²) in [5.74, 6) is 0.103. The van der Waals surface area contributed by atoms with Crippen molar-refractivity contribution < 1.29 is 9.18 Å². The lowest BCUT2D eigenvalue weighted by molar-refractivity contribution is -0.120. The van der Waals surface area contributed by atoms with Gasteiger partial charge in [-0.05, 0) is 44.9 Å². The van der Waals surface area contributed by atoms with Crippen LogP contribution in [0, 0.1) is 0 Å². The topological polar surface area (TPSA) is 62.2 Å². The Hall–Kier alpha value is -2.45. The van der Waals surface area contributed by atoms with E-state index in [9.17, 15) is 9.18 Å². The van der Waals surface area contributed by atoms with Crippen molar-refractivity contribution in [1.29, 1.82) is 0 Å². The summed E-state index contributed by atoms with van der Waals surface area (Å²) in [7, 11) is 0. The second-order valence-corrected chi connectivity index (χ2v) is 8.92. The van der Waals surface area contributed by atoms with Crippen molar-refractivity contribution in [3.63, 3.8) is 0 Å². The van der Waals surface area contributed by atoms with Crippen LogP contribution in [0.4, 0.5) is 9.52 Å². The number of halogens is 1. The number of piperidine rings is 1. The summed E-state index contributed by atoms with van der Waals surface area (Å²) < 4.78 is 13.3. The van der Waals surface area contributed by atoms with Crippen molar-refractivity contribution in [2.24, 2.45) is 0 Å². The predicted octanol–water partition coefficient (Wildman–Crippen LogP) is 4.15. The van der Waals surface area contributed by atoms with Crippen LogP contribution in [0.15, 0.2) is 30.6 Å². The highest BCUT2D eigenvalue weighted by molar-refractivity contribution is 7.18. The number of pyridine rings is 2. The molecule has 3 aromatic rings. The molecule has 164 valence electrons. The maximum atomic E-state index is 13.3. The number of hydrogen-bond acceptors (Lipinski definition) is 7. The highest BCUT2D eigenvalue weighted by atomic mass is 32.1. The third-order valence-corrected chi connectivity index (χ3v) is 6.79. The zero-order valence-electron chi connectivity index (χ0n) is 18.1. The van der Waals surface area contributed by atoms with E-state index in [1.54, 1.807) is 17.5 Å². The molecule has 8 heteroatoms. The summed E-state index contributed by atoms with van der Waals surface area (Å²) >= 11 is 1.64. The number of hydrogen-bond donors (Lipinski definition) is 0. The first kappa shape index (κ1) is 21.8. The van der Waals surface area contributed by atoms with Gasteiger partial charge in [-0.1, -0.05) is 11.3 Å². The van der Waals surface area contributed by atoms with E-state index in [0.717, 1.165) is 45.4 Å². The van der Waals surface area contributed by atoms with E-state index < -0.39 is 6.17 Å². The van der Waals surface area contributed by atoms with Crippen molar-refractivity contribution >= 4 is 33.2 Å². The summed E-state index contributed by atoms with van der Waals surface area (Å²) in [6.07, 6.45) is 4.22. The summed E-state index contributed by atoms with van der Waals surface area (Å²) in [5, 5.41) is 1.94. The van der Waals surface area contributed by atoms with E-state index >= 15 is 0 Å². The molecule has 0 spiro atoms. The van der Waals surface area contributed by atoms with Gasteiger partial charge in [0.1, 0.15) is 6.17 Å². The third-order valence-electron chi connectivity index (χ3n) is 5.71. The van der Waals surface area contributed by atoms with Gasteiger partial charge in [0.2, 0.25) is 0 Å². The lowest BCUT2D eigenvalue weighted by Crippen LogP contribution is -2.38. The minimum atomic E-state index is -0.726. The van der Waals surface area contributed by atoms with Crippen molar-refractivity contribution in [3.8, 4) is 10.6 Å². The lowest BCUT2D eigenvalue weighted by atomic mass is 10.1. The Balaban J connectivity index is 1.48. The number of alkyl halides is 1. The van der Waals surface area contributed by atoms with Gasteiger partial charge in [-0.15, -0.1) is 0 Å². The standard InChI is InChI=1S/C23H28FN5OS/c1-3-29(4-2)23-26-14-22(31-23)20-6-5-16-13-25-18(12-21(16)27-20)11-19(30)15-28-9-7-17(24)8-10-28/h5-6,12-14,17H,3-4,7-11,15H2,1-2H3. The number of ketones is 1. The molecule has 4 heterocycles. The molecule has 0 atom stereocenters. The fourth-order valence-corrected chi connectivity index (χ4v) is 4.90. The summed E-state index contributed by atoms with van der Waals surface area (Å²) in [4.78, 5) is 31.6. The minimum absolute atomic E-state index is 0.103. The number of aromatic nitrogens is 3. The Bertz CT molecular complexity index is 1040. The van der Waals surface area contributed by atoms with Crippen LogP contribution in [-0.4, -0.2) is 64.5 Å². The lowest BCUT2D eigenvalue weighted by Gasteiger charge is -2.27. The number of fused-ring (bicyclic) bond motifs is 1. The van der Waals surface area contributed by atoms with E-state index in [1.165, 1.54) is 0 Å². The van der Waals surface area contributed by atoms with E-state index in [1.807, 2.05) is 29.3 Å². The number of carbonyl (C=O) groups excluding carboxylic acids is 1. The second kappa shape index (κ2) is 9.78. The SMILES string of the molecule is CCN(CC)c1ncc(-c2ccc3cnc(CC(=O)CN4CCC(F)CC4)cc3n2)s1. The molecule has 0 saturated carbocycles. The van der Waals surface area contributed by atoms with E-state index in [2.05, 4.69) is 28.7 Å². The fourth-order valence-electron chi connectivity index (χ4n) is 3.88. The number of Topliss-reactive ketones (excluding diaryl/α,β-unsaturated/α-hetero) is 1. The third kappa shape index (κ3) is 5.25. The number of thiazole rings is 1. The normalized spacial score (nSPS) is 15.5. The predicted molar refractivity (Wildman–Crippen MR) is 123 cm³/mol. The molecule has 1 aliphatic rings. The molecule has 4 rings (SSSR count). The highest BCUT2D eigenvalue weighted by Gasteiger charge is 2.20. The van der Waals surface area contributed by atoms with Crippen molar-refractivity contribution in [1.82, 2.24) is 19.9 Å². The molecule has 0 N–H and O–H groups in total. The first-order chi connectivity index (χ1) is 15.1. The Labute approximate surface area is 186 Å². The Morgan fingerprint density at radius 3 is 2.71 bits per heavy atom. The zero-order valence-corrected chi connectivity index (χ0v) is 18.9. The van der Waals surface area contributed by atoms with Crippen LogP contribution < -0.4 is 4.90 Å². The summed E-state index contributed by atoms with van der Waals surface area (Å²) in [6.45, 7) is 7.73. The highest BCUT2D eigenvalue weighted by Crippen LogP contribution is 2.31. The van der Waals surface area contributed by atoms with Gasteiger partial charge >= 0.3 is 0 Å². The van der Waals surface area contributed by atoms with Gasteiger partial charge in [-0.25, -0.2) is 14.4 Å². The van der Waals surface area contributed by atoms with Gasteiger partial charge in [0.05, 0.1) is 29.1 Å². The first-order valence-electron chi connectivity index (χ1n) is 10.9. The smallest absolute Gasteiger partial charge is 0.185 e. The molecule has 1 saturated heterocycles. The Kier molecular flexibility index (Phi) is 6.87. The molecule has 0 aliphatic carbocycles. The monoisotopic (exact) mass is 441 g/mol. The van der Waals surface area contributed by atoms with Crippen LogP contribution in [0.5, 0.6) is 0 Å². The van der Waals surface area contributed by atoms with Crippen LogP contribution in [0.2, 0.25) is 0 Å². The molecular weight excluding hydrogens is 413 g/mol. The van der Waals surface area contributed by atoms with E-state index in [-0.39, 0.29) is 12.2 Å². The first-order valence-corrected chi connectivity index (χ1v) is 11.7.